The standard InChI is InChI=1S/C9H10F3NO2S2/c1-7-3-5-8(6-4-7)16(2)13-17(14,15)9(10,11)12/h3-6H,1-2H3. The Morgan fingerprint density at radius 2 is 1.65 bits per heavy atom. The number of rotatable bonds is 2. The second-order valence-electron chi connectivity index (χ2n) is 3.29. The highest BCUT2D eigenvalue weighted by molar-refractivity contribution is 8.00. The van der Waals surface area contributed by atoms with Crippen LogP contribution in [0.1, 0.15) is 5.56 Å². The van der Waals surface area contributed by atoms with Gasteiger partial charge in [-0.05, 0) is 25.3 Å². The van der Waals surface area contributed by atoms with Gasteiger partial charge in [-0.1, -0.05) is 28.4 Å². The van der Waals surface area contributed by atoms with Crippen molar-refractivity contribution in [2.24, 2.45) is 3.77 Å². The summed E-state index contributed by atoms with van der Waals surface area (Å²) < 4.78 is 60.8. The van der Waals surface area contributed by atoms with E-state index in [1.165, 1.54) is 6.26 Å². The zero-order valence-electron chi connectivity index (χ0n) is 9.02. The van der Waals surface area contributed by atoms with Gasteiger partial charge >= 0.3 is 15.5 Å². The smallest absolute Gasteiger partial charge is 0.194 e. The van der Waals surface area contributed by atoms with Crippen LogP contribution in [0.4, 0.5) is 13.2 Å². The molecular formula is C9H10F3NO2S2. The van der Waals surface area contributed by atoms with Crippen LogP contribution in [0.2, 0.25) is 0 Å². The fraction of sp³-hybridized carbons (Fsp3) is 0.333. The van der Waals surface area contributed by atoms with Crippen LogP contribution in [0.3, 0.4) is 0 Å². The highest BCUT2D eigenvalue weighted by atomic mass is 32.3. The molecule has 0 amide bonds. The van der Waals surface area contributed by atoms with Gasteiger partial charge in [-0.2, -0.15) is 21.6 Å². The highest BCUT2D eigenvalue weighted by Gasteiger charge is 2.46. The van der Waals surface area contributed by atoms with E-state index in [2.05, 4.69) is 3.77 Å². The maximum atomic E-state index is 12.1. The molecule has 0 aliphatic carbocycles. The van der Waals surface area contributed by atoms with E-state index in [4.69, 9.17) is 0 Å². The monoisotopic (exact) mass is 285 g/mol. The molecule has 0 fully saturated rings. The summed E-state index contributed by atoms with van der Waals surface area (Å²) in [5.74, 6) is 0. The van der Waals surface area contributed by atoms with Crippen LogP contribution in [0.5, 0.6) is 0 Å². The van der Waals surface area contributed by atoms with E-state index in [1.54, 1.807) is 24.3 Å². The third-order valence-electron chi connectivity index (χ3n) is 1.86. The predicted octanol–water partition coefficient (Wildman–Crippen LogP) is 2.64. The molecule has 17 heavy (non-hydrogen) atoms. The number of nitrogens with zero attached hydrogens (tertiary/aromatic N) is 1. The van der Waals surface area contributed by atoms with E-state index in [9.17, 15) is 21.6 Å². The fourth-order valence-corrected chi connectivity index (χ4v) is 3.36. The summed E-state index contributed by atoms with van der Waals surface area (Å²) in [4.78, 5) is 0.448. The van der Waals surface area contributed by atoms with Gasteiger partial charge in [0.15, 0.2) is 0 Å². The lowest BCUT2D eigenvalue weighted by atomic mass is 10.2. The summed E-state index contributed by atoms with van der Waals surface area (Å²) in [6, 6.07) is 6.50. The van der Waals surface area contributed by atoms with Crippen molar-refractivity contribution in [3.05, 3.63) is 29.8 Å². The molecule has 1 aromatic carbocycles. The van der Waals surface area contributed by atoms with Crippen LogP contribution >= 0.6 is 0 Å². The molecule has 0 bridgehead atoms. The second kappa shape index (κ2) is 4.77. The Morgan fingerprint density at radius 1 is 1.18 bits per heavy atom. The fourth-order valence-electron chi connectivity index (χ4n) is 0.968. The van der Waals surface area contributed by atoms with Crippen molar-refractivity contribution in [2.45, 2.75) is 17.3 Å². The van der Waals surface area contributed by atoms with E-state index in [-0.39, 0.29) is 0 Å². The van der Waals surface area contributed by atoms with Crippen molar-refractivity contribution < 1.29 is 21.6 Å². The Kier molecular flexibility index (Phi) is 3.98. The molecule has 0 saturated heterocycles. The number of aryl methyl sites for hydroxylation is 1. The van der Waals surface area contributed by atoms with E-state index in [0.717, 1.165) is 5.56 Å². The minimum atomic E-state index is -5.42. The van der Waals surface area contributed by atoms with Crippen LogP contribution in [-0.4, -0.2) is 20.2 Å². The zero-order valence-corrected chi connectivity index (χ0v) is 10.7. The molecule has 1 rings (SSSR count). The van der Waals surface area contributed by atoms with Gasteiger partial charge < -0.3 is 0 Å². The van der Waals surface area contributed by atoms with Crippen molar-refractivity contribution in [1.82, 2.24) is 0 Å². The maximum Gasteiger partial charge on any atom is 0.519 e. The van der Waals surface area contributed by atoms with Crippen LogP contribution in [0.15, 0.2) is 32.9 Å². The van der Waals surface area contributed by atoms with Crippen molar-refractivity contribution >= 4 is 20.7 Å². The lowest BCUT2D eigenvalue weighted by molar-refractivity contribution is -0.0434. The molecule has 0 heterocycles. The summed E-state index contributed by atoms with van der Waals surface area (Å²) in [5.41, 5.74) is -4.40. The topological polar surface area (TPSA) is 46.5 Å². The molecule has 8 heteroatoms. The summed E-state index contributed by atoms with van der Waals surface area (Å²) in [6.45, 7) is 1.82. The van der Waals surface area contributed by atoms with Gasteiger partial charge in [-0.3, -0.25) is 0 Å². The normalized spacial score (nSPS) is 14.9. The lowest BCUT2D eigenvalue weighted by Gasteiger charge is -2.06. The maximum absolute atomic E-state index is 12.1. The van der Waals surface area contributed by atoms with Crippen LogP contribution in [0.25, 0.3) is 0 Å². The van der Waals surface area contributed by atoms with E-state index in [1.807, 2.05) is 6.92 Å². The van der Waals surface area contributed by atoms with Crippen LogP contribution in [-0.2, 0) is 20.7 Å². The third-order valence-corrected chi connectivity index (χ3v) is 5.08. The molecule has 3 nitrogen and oxygen atoms in total. The summed E-state index contributed by atoms with van der Waals surface area (Å²) in [6.07, 6.45) is 1.33. The Morgan fingerprint density at radius 3 is 2.06 bits per heavy atom. The quantitative estimate of drug-likeness (QED) is 0.838. The zero-order chi connectivity index (χ0) is 13.3. The Balaban J connectivity index is 3.14. The number of benzene rings is 1. The van der Waals surface area contributed by atoms with E-state index >= 15 is 0 Å². The number of sulfonamides is 1. The second-order valence-corrected chi connectivity index (χ2v) is 6.72. The van der Waals surface area contributed by atoms with Crippen molar-refractivity contribution in [3.8, 4) is 0 Å². The molecule has 0 spiro atoms. The first-order valence-corrected chi connectivity index (χ1v) is 7.43. The molecule has 1 unspecified atom stereocenters. The average molecular weight is 285 g/mol. The molecule has 0 N–H and O–H groups in total. The third kappa shape index (κ3) is 3.53. The van der Waals surface area contributed by atoms with Gasteiger partial charge in [0.2, 0.25) is 0 Å². The van der Waals surface area contributed by atoms with Gasteiger partial charge in [0, 0.05) is 4.90 Å². The summed E-state index contributed by atoms with van der Waals surface area (Å²) in [5, 5.41) is 0. The number of hydrogen-bond acceptors (Lipinski definition) is 2. The molecule has 1 atom stereocenters. The van der Waals surface area contributed by atoms with E-state index in [0.29, 0.717) is 4.90 Å². The number of halogens is 3. The minimum absolute atomic E-state index is 0.448. The van der Waals surface area contributed by atoms with Gasteiger partial charge in [0.05, 0.1) is 0 Å². The number of alkyl halides is 3. The molecule has 0 aliphatic rings. The molecule has 0 radical (unpaired) electrons. The Bertz CT molecular complexity index is 532. The molecular weight excluding hydrogens is 275 g/mol. The molecule has 1 aromatic rings. The predicted molar refractivity (Wildman–Crippen MR) is 60.1 cm³/mol. The Labute approximate surface area is 99.8 Å². The largest absolute Gasteiger partial charge is 0.519 e. The first kappa shape index (κ1) is 14.2. The summed E-state index contributed by atoms with van der Waals surface area (Å²) in [7, 11) is -6.76. The van der Waals surface area contributed by atoms with Crippen LogP contribution in [0, 0.1) is 6.92 Å². The highest BCUT2D eigenvalue weighted by Crippen LogP contribution is 2.26. The van der Waals surface area contributed by atoms with Crippen molar-refractivity contribution in [2.75, 3.05) is 6.26 Å². The van der Waals surface area contributed by atoms with Gasteiger partial charge in [0.25, 0.3) is 0 Å². The molecule has 96 valence electrons. The Hall–Kier alpha value is -0.890. The molecule has 0 aliphatic heterocycles. The van der Waals surface area contributed by atoms with Crippen molar-refractivity contribution in [3.63, 3.8) is 0 Å². The number of hydrogen-bond donors (Lipinski definition) is 0. The van der Waals surface area contributed by atoms with Gasteiger partial charge in [-0.15, -0.1) is 3.77 Å². The molecule has 0 aromatic heterocycles. The van der Waals surface area contributed by atoms with Gasteiger partial charge in [0.1, 0.15) is 0 Å². The SMILES string of the molecule is Cc1ccc(/S(C)=N/S(=O)(=O)C(F)(F)F)cc1. The van der Waals surface area contributed by atoms with Crippen LogP contribution < -0.4 is 0 Å². The lowest BCUT2D eigenvalue weighted by Crippen LogP contribution is -2.21. The van der Waals surface area contributed by atoms with Crippen molar-refractivity contribution in [1.29, 1.82) is 0 Å². The summed E-state index contributed by atoms with van der Waals surface area (Å²) >= 11 is 0. The first-order chi connectivity index (χ1) is 7.63. The molecule has 0 saturated carbocycles. The first-order valence-electron chi connectivity index (χ1n) is 4.40. The van der Waals surface area contributed by atoms with Gasteiger partial charge in [-0.25, -0.2) is 0 Å². The minimum Gasteiger partial charge on any atom is -0.194 e. The average Bonchev–Trinajstić information content (AvgIpc) is 2.16. The van der Waals surface area contributed by atoms with E-state index < -0.39 is 26.2 Å².